The molecule has 3 rings (SSSR count). The van der Waals surface area contributed by atoms with Gasteiger partial charge in [0.05, 0.1) is 39.1 Å². The molecule has 24 nitrogen and oxygen atoms in total. The van der Waals surface area contributed by atoms with Gasteiger partial charge in [-0.05, 0) is 12.8 Å². The fourth-order valence-corrected chi connectivity index (χ4v) is 7.07. The van der Waals surface area contributed by atoms with Gasteiger partial charge in [-0.1, -0.05) is 25.7 Å². The molecule has 59 heavy (non-hydrogen) atoms. The van der Waals surface area contributed by atoms with Crippen LogP contribution >= 0.6 is 0 Å². The van der Waals surface area contributed by atoms with Crippen LogP contribution in [-0.2, 0) is 52.3 Å². The molecule has 0 aromatic carbocycles. The molecule has 3 fully saturated rings. The van der Waals surface area contributed by atoms with Gasteiger partial charge in [0.25, 0.3) is 5.79 Å². The number of carboxylic acids is 1. The van der Waals surface area contributed by atoms with E-state index >= 15 is 0 Å². The van der Waals surface area contributed by atoms with Crippen LogP contribution in [0.15, 0.2) is 0 Å². The van der Waals surface area contributed by atoms with E-state index in [2.05, 4.69) is 15.4 Å². The van der Waals surface area contributed by atoms with E-state index in [0.717, 1.165) is 26.2 Å². The maximum absolute atomic E-state index is 12.9. The van der Waals surface area contributed by atoms with Crippen molar-refractivity contribution in [1.29, 1.82) is 0 Å². The summed E-state index contributed by atoms with van der Waals surface area (Å²) in [7, 11) is 1.32. The number of hydrogen-bond donors (Lipinski definition) is 13. The third-order valence-corrected chi connectivity index (χ3v) is 10.2. The Labute approximate surface area is 338 Å². The highest BCUT2D eigenvalue weighted by Gasteiger charge is 2.60. The van der Waals surface area contributed by atoms with Crippen molar-refractivity contribution in [2.24, 2.45) is 0 Å². The van der Waals surface area contributed by atoms with Crippen LogP contribution in [0.4, 0.5) is 0 Å². The maximum Gasteiger partial charge on any atom is 0.364 e. The van der Waals surface area contributed by atoms with E-state index in [9.17, 15) is 75.3 Å². The summed E-state index contributed by atoms with van der Waals surface area (Å²) < 4.78 is 39.1. The molecule has 342 valence electrons. The van der Waals surface area contributed by atoms with Crippen molar-refractivity contribution >= 4 is 23.8 Å². The van der Waals surface area contributed by atoms with E-state index in [4.69, 9.17) is 28.4 Å². The lowest BCUT2D eigenvalue weighted by Gasteiger charge is -2.51. The lowest BCUT2D eigenvalue weighted by atomic mass is 9.88. The van der Waals surface area contributed by atoms with E-state index in [1.165, 1.54) is 7.11 Å². The van der Waals surface area contributed by atoms with Crippen molar-refractivity contribution in [2.45, 2.75) is 156 Å². The summed E-state index contributed by atoms with van der Waals surface area (Å²) in [5.41, 5.74) is 0. The number of methoxy groups -OCH3 is 1. The van der Waals surface area contributed by atoms with Gasteiger partial charge < -0.3 is 100.0 Å². The van der Waals surface area contributed by atoms with Crippen molar-refractivity contribution in [3.63, 3.8) is 0 Å². The number of hydrogen-bond acceptors (Lipinski definition) is 21. The number of carbonyl (C=O) groups excluding carboxylic acids is 3. The zero-order chi connectivity index (χ0) is 44.0. The van der Waals surface area contributed by atoms with Gasteiger partial charge in [0.2, 0.25) is 11.8 Å². The zero-order valence-corrected chi connectivity index (χ0v) is 32.8. The molecule has 0 bridgehead atoms. The van der Waals surface area contributed by atoms with Gasteiger partial charge in [-0.25, -0.2) is 4.79 Å². The SMILES string of the molecule is COC(=O)CCCCCCCCO[C@@H]1OC(CO)[C@@H](O)C(OC2OC(CO)[C@H](O)C(O[C@]3(C(=O)O)CC(O)[C@@H](NC(C)=O)C(C(O)C(O)CO)O3)C2O)C1NC(=O)CO. The molecule has 3 heterocycles. The Bertz CT molecular complexity index is 1330. The Balaban J connectivity index is 1.87. The van der Waals surface area contributed by atoms with Gasteiger partial charge in [-0.2, -0.15) is 0 Å². The minimum Gasteiger partial charge on any atom is -0.477 e. The molecule has 13 N–H and O–H groups in total. The number of esters is 1. The van der Waals surface area contributed by atoms with Crippen molar-refractivity contribution in [3.8, 4) is 0 Å². The van der Waals surface area contributed by atoms with Crippen molar-refractivity contribution in [1.82, 2.24) is 10.6 Å². The first-order valence-corrected chi connectivity index (χ1v) is 19.3. The quantitative estimate of drug-likeness (QED) is 0.0336. The summed E-state index contributed by atoms with van der Waals surface area (Å²) in [4.78, 5) is 48.6. The molecule has 0 radical (unpaired) electrons. The molecular weight excluding hydrogens is 800 g/mol. The summed E-state index contributed by atoms with van der Waals surface area (Å²) in [6.07, 6.45) is -21.2. The minimum absolute atomic E-state index is 0.0352. The summed E-state index contributed by atoms with van der Waals surface area (Å²) in [5.74, 6) is -7.12. The summed E-state index contributed by atoms with van der Waals surface area (Å²) in [6.45, 7) is -2.87. The Morgan fingerprint density at radius 3 is 1.95 bits per heavy atom. The van der Waals surface area contributed by atoms with Crippen LogP contribution in [0.2, 0.25) is 0 Å². The van der Waals surface area contributed by atoms with Crippen LogP contribution in [0.5, 0.6) is 0 Å². The van der Waals surface area contributed by atoms with E-state index in [0.29, 0.717) is 25.7 Å². The van der Waals surface area contributed by atoms with Crippen LogP contribution < -0.4 is 10.6 Å². The van der Waals surface area contributed by atoms with Crippen molar-refractivity contribution in [3.05, 3.63) is 0 Å². The number of ether oxygens (including phenoxy) is 7. The Morgan fingerprint density at radius 2 is 1.39 bits per heavy atom. The molecule has 11 unspecified atom stereocenters. The second-order valence-corrected chi connectivity index (χ2v) is 14.6. The van der Waals surface area contributed by atoms with Crippen LogP contribution in [0.25, 0.3) is 0 Å². The molecule has 16 atom stereocenters. The number of nitrogens with one attached hydrogen (secondary N) is 2. The molecule has 0 aromatic rings. The number of aliphatic hydroxyl groups excluding tert-OH is 10. The third-order valence-electron chi connectivity index (χ3n) is 10.2. The van der Waals surface area contributed by atoms with Crippen molar-refractivity contribution in [2.75, 3.05) is 40.1 Å². The monoisotopic (exact) mass is 860 g/mol. The number of unbranched alkanes of at least 4 members (excludes halogenated alkanes) is 5. The standard InChI is InChI=1S/C35H60N2O22/c1-16(42)36-23-17(43)11-35(34(51)52,58-30(23)25(47)18(44)12-38)59-31-27(49)20(14-40)56-33(28(31)50)57-29-24(37-21(45)15-41)32(55-19(13-39)26(29)48)54-10-8-6-4-3-5-7-9-22(46)53-2/h17-20,23-33,38-41,43-44,47-50H,3-15H2,1-2H3,(H,36,42)(H,37,45)(H,51,52)/t17?,18?,19?,20?,23-,24?,25?,26-,27+,28?,29?,30?,31?,32-,33?,35+/m1/s1. The van der Waals surface area contributed by atoms with Crippen molar-refractivity contribution < 1.29 is 109 Å². The Hall–Kier alpha value is -2.76. The molecular formula is C35H60N2O22. The molecule has 0 aromatic heterocycles. The number of aliphatic hydroxyl groups is 10. The van der Waals surface area contributed by atoms with Gasteiger partial charge in [0, 0.05) is 26.4 Å². The van der Waals surface area contributed by atoms with E-state index < -0.39 is 148 Å². The topological polar surface area (TPSA) is 379 Å². The lowest BCUT2D eigenvalue weighted by Crippen LogP contribution is -2.71. The fraction of sp³-hybridized carbons (Fsp3) is 0.886. The molecule has 0 spiro atoms. The zero-order valence-electron chi connectivity index (χ0n) is 32.8. The van der Waals surface area contributed by atoms with E-state index in [1.54, 1.807) is 0 Å². The van der Waals surface area contributed by atoms with Gasteiger partial charge in [0.15, 0.2) is 12.6 Å². The van der Waals surface area contributed by atoms with Crippen LogP contribution in [0, 0.1) is 0 Å². The lowest BCUT2D eigenvalue weighted by molar-refractivity contribution is -0.381. The largest absolute Gasteiger partial charge is 0.477 e. The summed E-state index contributed by atoms with van der Waals surface area (Å²) >= 11 is 0. The molecule has 24 heteroatoms. The van der Waals surface area contributed by atoms with Crippen LogP contribution in [0.1, 0.15) is 58.3 Å². The average Bonchev–Trinajstić information content (AvgIpc) is 3.21. The number of amides is 2. The highest BCUT2D eigenvalue weighted by Crippen LogP contribution is 2.38. The molecule has 3 aliphatic heterocycles. The minimum atomic E-state index is -3.08. The third kappa shape index (κ3) is 13.4. The predicted molar refractivity (Wildman–Crippen MR) is 191 cm³/mol. The smallest absolute Gasteiger partial charge is 0.364 e. The number of rotatable bonds is 23. The fourth-order valence-electron chi connectivity index (χ4n) is 7.07. The van der Waals surface area contributed by atoms with Gasteiger partial charge in [-0.3, -0.25) is 14.4 Å². The highest BCUT2D eigenvalue weighted by molar-refractivity contribution is 5.77. The Morgan fingerprint density at radius 1 is 0.797 bits per heavy atom. The second-order valence-electron chi connectivity index (χ2n) is 14.6. The van der Waals surface area contributed by atoms with Crippen LogP contribution in [0.3, 0.4) is 0 Å². The molecule has 3 saturated heterocycles. The average molecular weight is 861 g/mol. The molecule has 0 aliphatic carbocycles. The van der Waals surface area contributed by atoms with Gasteiger partial charge in [-0.15, -0.1) is 0 Å². The summed E-state index contributed by atoms with van der Waals surface area (Å²) in [5, 5.41) is 120. The Kier molecular flexibility index (Phi) is 20.6. The maximum atomic E-state index is 12.9. The second kappa shape index (κ2) is 24.0. The molecule has 0 saturated carbocycles. The van der Waals surface area contributed by atoms with E-state index in [1.807, 2.05) is 0 Å². The molecule has 3 aliphatic rings. The first kappa shape index (κ1) is 50.6. The van der Waals surface area contributed by atoms with Gasteiger partial charge in [0.1, 0.15) is 73.7 Å². The normalized spacial score (nSPS) is 36.0. The van der Waals surface area contributed by atoms with Crippen LogP contribution in [-0.4, -0.2) is 218 Å². The first-order chi connectivity index (χ1) is 28.0. The number of carbonyl (C=O) groups is 4. The summed E-state index contributed by atoms with van der Waals surface area (Å²) in [6, 6.07) is -3.07. The van der Waals surface area contributed by atoms with Gasteiger partial charge >= 0.3 is 11.9 Å². The molecule has 2 amide bonds. The first-order valence-electron chi connectivity index (χ1n) is 19.3. The number of carboxylic acid groups (broad SMARTS) is 1. The van der Waals surface area contributed by atoms with E-state index in [-0.39, 0.29) is 12.6 Å². The highest BCUT2D eigenvalue weighted by atomic mass is 16.8. The number of aliphatic carboxylic acids is 1. The predicted octanol–water partition coefficient (Wildman–Crippen LogP) is -6.18.